The van der Waals surface area contributed by atoms with E-state index in [0.29, 0.717) is 25.0 Å². The third-order valence-corrected chi connectivity index (χ3v) is 3.49. The van der Waals surface area contributed by atoms with E-state index in [1.807, 2.05) is 6.07 Å². The number of fused-ring (bicyclic) bond motifs is 1. The zero-order valence-corrected chi connectivity index (χ0v) is 10.6. The maximum atomic E-state index is 11.1. The summed E-state index contributed by atoms with van der Waals surface area (Å²) < 4.78 is 4.61. The third-order valence-electron chi connectivity index (χ3n) is 3.49. The van der Waals surface area contributed by atoms with Crippen LogP contribution in [-0.2, 0) is 28.8 Å². The number of rotatable bonds is 4. The normalized spacial score (nSPS) is 17.6. The Morgan fingerprint density at radius 1 is 1.50 bits per heavy atom. The predicted molar refractivity (Wildman–Crippen MR) is 68.4 cm³/mol. The average Bonchev–Trinajstić information content (AvgIpc) is 2.72. The van der Waals surface area contributed by atoms with Crippen LogP contribution in [0.4, 0.5) is 0 Å². The molecule has 1 aromatic carbocycles. The van der Waals surface area contributed by atoms with Crippen LogP contribution in [-0.4, -0.2) is 24.2 Å². The highest BCUT2D eigenvalue weighted by atomic mass is 16.5. The van der Waals surface area contributed by atoms with Gasteiger partial charge in [-0.25, -0.2) is 0 Å². The highest BCUT2D eigenvalue weighted by Gasteiger charge is 2.22. The smallest absolute Gasteiger partial charge is 0.305 e. The number of phenolic OH excluding ortho intramolecular Hbond substituents is 1. The monoisotopic (exact) mass is 249 g/mol. The van der Waals surface area contributed by atoms with Gasteiger partial charge in [-0.1, -0.05) is 6.07 Å². The molecular formula is C14H19NO3. The largest absolute Gasteiger partial charge is 0.508 e. The van der Waals surface area contributed by atoms with Crippen LogP contribution >= 0.6 is 0 Å². The molecular weight excluding hydrogens is 230 g/mol. The first-order valence-corrected chi connectivity index (χ1v) is 6.26. The summed E-state index contributed by atoms with van der Waals surface area (Å²) in [6.07, 6.45) is 3.45. The van der Waals surface area contributed by atoms with Crippen LogP contribution < -0.4 is 5.73 Å². The van der Waals surface area contributed by atoms with E-state index in [9.17, 15) is 9.90 Å². The van der Waals surface area contributed by atoms with E-state index < -0.39 is 0 Å². The molecule has 98 valence electrons. The Bertz CT molecular complexity index is 457. The third kappa shape index (κ3) is 2.64. The van der Waals surface area contributed by atoms with Crippen molar-refractivity contribution in [1.29, 1.82) is 0 Å². The number of phenols is 1. The van der Waals surface area contributed by atoms with Crippen molar-refractivity contribution in [1.82, 2.24) is 0 Å². The summed E-state index contributed by atoms with van der Waals surface area (Å²) in [6.45, 7) is 0. The van der Waals surface area contributed by atoms with Crippen molar-refractivity contribution >= 4 is 5.97 Å². The molecule has 0 radical (unpaired) electrons. The summed E-state index contributed by atoms with van der Waals surface area (Å²) in [5, 5.41) is 9.93. The second kappa shape index (κ2) is 5.40. The van der Waals surface area contributed by atoms with Crippen LogP contribution in [0.15, 0.2) is 12.1 Å². The van der Waals surface area contributed by atoms with Gasteiger partial charge in [0, 0.05) is 12.5 Å². The lowest BCUT2D eigenvalue weighted by atomic mass is 9.97. The second-order valence-corrected chi connectivity index (χ2v) is 4.80. The Balaban J connectivity index is 2.09. The second-order valence-electron chi connectivity index (χ2n) is 4.80. The molecule has 0 aromatic heterocycles. The number of esters is 1. The first-order chi connectivity index (χ1) is 8.61. The van der Waals surface area contributed by atoms with Crippen LogP contribution in [0.5, 0.6) is 5.75 Å². The summed E-state index contributed by atoms with van der Waals surface area (Å²) in [6, 6.07) is 3.83. The van der Waals surface area contributed by atoms with E-state index in [1.165, 1.54) is 18.2 Å². The highest BCUT2D eigenvalue weighted by Crippen LogP contribution is 2.32. The van der Waals surface area contributed by atoms with Crippen LogP contribution in [0.25, 0.3) is 0 Å². The SMILES string of the molecule is COC(=O)CCCc1c(O)ccc2c1CC(N)C2. The molecule has 0 bridgehead atoms. The van der Waals surface area contributed by atoms with Crippen molar-refractivity contribution < 1.29 is 14.6 Å². The van der Waals surface area contributed by atoms with E-state index in [1.54, 1.807) is 6.07 Å². The van der Waals surface area contributed by atoms with Crippen molar-refractivity contribution in [2.75, 3.05) is 7.11 Å². The summed E-state index contributed by atoms with van der Waals surface area (Å²) in [5.74, 6) is 0.103. The van der Waals surface area contributed by atoms with Gasteiger partial charge in [0.2, 0.25) is 0 Å². The zero-order chi connectivity index (χ0) is 13.1. The number of benzene rings is 1. The minimum atomic E-state index is -0.209. The van der Waals surface area contributed by atoms with Gasteiger partial charge in [0.25, 0.3) is 0 Å². The number of hydrogen-bond donors (Lipinski definition) is 2. The summed E-state index contributed by atoms with van der Waals surface area (Å²) in [5.41, 5.74) is 9.30. The molecule has 1 aliphatic carbocycles. The van der Waals surface area contributed by atoms with E-state index >= 15 is 0 Å². The molecule has 3 N–H and O–H groups in total. The molecule has 4 heteroatoms. The van der Waals surface area contributed by atoms with E-state index in [4.69, 9.17) is 5.73 Å². The molecule has 0 aliphatic heterocycles. The zero-order valence-electron chi connectivity index (χ0n) is 10.6. The molecule has 2 rings (SSSR count). The number of carbonyl (C=O) groups excluding carboxylic acids is 1. The molecule has 4 nitrogen and oxygen atoms in total. The van der Waals surface area contributed by atoms with Gasteiger partial charge in [0.1, 0.15) is 5.75 Å². The minimum Gasteiger partial charge on any atom is -0.508 e. The molecule has 1 aliphatic rings. The van der Waals surface area contributed by atoms with Gasteiger partial charge in [0.05, 0.1) is 7.11 Å². The molecule has 1 aromatic rings. The fourth-order valence-corrected chi connectivity index (χ4v) is 2.58. The van der Waals surface area contributed by atoms with Gasteiger partial charge < -0.3 is 15.6 Å². The highest BCUT2D eigenvalue weighted by molar-refractivity contribution is 5.69. The Morgan fingerprint density at radius 3 is 3.00 bits per heavy atom. The lowest BCUT2D eigenvalue weighted by molar-refractivity contribution is -0.140. The Kier molecular flexibility index (Phi) is 3.87. The summed E-state index contributed by atoms with van der Waals surface area (Å²) >= 11 is 0. The molecule has 0 heterocycles. The summed E-state index contributed by atoms with van der Waals surface area (Å²) in [7, 11) is 1.39. The number of hydrogen-bond acceptors (Lipinski definition) is 4. The molecule has 0 spiro atoms. The van der Waals surface area contributed by atoms with E-state index in [2.05, 4.69) is 4.74 Å². The molecule has 0 amide bonds. The lowest BCUT2D eigenvalue weighted by Gasteiger charge is -2.10. The van der Waals surface area contributed by atoms with E-state index in [0.717, 1.165) is 18.4 Å². The Morgan fingerprint density at radius 2 is 2.28 bits per heavy atom. The van der Waals surface area contributed by atoms with Crippen molar-refractivity contribution in [3.8, 4) is 5.75 Å². The number of aromatic hydroxyl groups is 1. The molecule has 1 atom stereocenters. The standard InChI is InChI=1S/C14H19NO3/c1-18-14(17)4-2-3-11-12-8-10(15)7-9(12)5-6-13(11)16/h5-6,10,16H,2-4,7-8,15H2,1H3. The van der Waals surface area contributed by atoms with Gasteiger partial charge >= 0.3 is 5.97 Å². The maximum Gasteiger partial charge on any atom is 0.305 e. The molecule has 0 saturated carbocycles. The van der Waals surface area contributed by atoms with Crippen LogP contribution in [0.3, 0.4) is 0 Å². The van der Waals surface area contributed by atoms with Crippen LogP contribution in [0.1, 0.15) is 29.5 Å². The predicted octanol–water partition coefficient (Wildman–Crippen LogP) is 1.31. The first kappa shape index (κ1) is 12.9. The quantitative estimate of drug-likeness (QED) is 0.789. The molecule has 0 saturated heterocycles. The van der Waals surface area contributed by atoms with Crippen molar-refractivity contribution in [2.24, 2.45) is 5.73 Å². The van der Waals surface area contributed by atoms with Crippen molar-refractivity contribution in [3.05, 3.63) is 28.8 Å². The number of nitrogens with two attached hydrogens (primary N) is 1. The van der Waals surface area contributed by atoms with Crippen LogP contribution in [0.2, 0.25) is 0 Å². The number of methoxy groups -OCH3 is 1. The Hall–Kier alpha value is -1.55. The molecule has 0 fully saturated rings. The minimum absolute atomic E-state index is 0.154. The fourth-order valence-electron chi connectivity index (χ4n) is 2.58. The molecule has 1 unspecified atom stereocenters. The van der Waals surface area contributed by atoms with Gasteiger partial charge in [-0.2, -0.15) is 0 Å². The van der Waals surface area contributed by atoms with Gasteiger partial charge in [-0.05, 0) is 48.4 Å². The number of ether oxygens (including phenoxy) is 1. The summed E-state index contributed by atoms with van der Waals surface area (Å²) in [4.78, 5) is 11.1. The maximum absolute atomic E-state index is 11.1. The van der Waals surface area contributed by atoms with Gasteiger partial charge in [0.15, 0.2) is 0 Å². The Labute approximate surface area is 107 Å². The fraction of sp³-hybridized carbons (Fsp3) is 0.500. The van der Waals surface area contributed by atoms with Gasteiger partial charge in [-0.15, -0.1) is 0 Å². The topological polar surface area (TPSA) is 72.5 Å². The average molecular weight is 249 g/mol. The lowest BCUT2D eigenvalue weighted by Crippen LogP contribution is -2.19. The van der Waals surface area contributed by atoms with Gasteiger partial charge in [-0.3, -0.25) is 4.79 Å². The van der Waals surface area contributed by atoms with E-state index in [-0.39, 0.29) is 12.0 Å². The van der Waals surface area contributed by atoms with Crippen LogP contribution in [0, 0.1) is 0 Å². The first-order valence-electron chi connectivity index (χ1n) is 6.26. The van der Waals surface area contributed by atoms with Crippen molar-refractivity contribution in [3.63, 3.8) is 0 Å². The van der Waals surface area contributed by atoms with Crippen molar-refractivity contribution in [2.45, 2.75) is 38.1 Å². The molecule has 18 heavy (non-hydrogen) atoms. The number of carbonyl (C=O) groups is 1.